The fourth-order valence-electron chi connectivity index (χ4n) is 4.19. The second-order valence-electron chi connectivity index (χ2n) is 7.56. The van der Waals surface area contributed by atoms with E-state index in [0.29, 0.717) is 10.7 Å². The van der Waals surface area contributed by atoms with E-state index >= 15 is 0 Å². The van der Waals surface area contributed by atoms with Crippen LogP contribution in [-0.4, -0.2) is 17.9 Å². The van der Waals surface area contributed by atoms with E-state index in [9.17, 15) is 9.59 Å². The highest BCUT2D eigenvalue weighted by molar-refractivity contribution is 6.30. The van der Waals surface area contributed by atoms with Crippen LogP contribution in [0.3, 0.4) is 0 Å². The van der Waals surface area contributed by atoms with Crippen LogP contribution in [0.1, 0.15) is 17.2 Å². The summed E-state index contributed by atoms with van der Waals surface area (Å²) >= 11 is 6.24. The molecule has 2 heterocycles. The molecule has 0 unspecified atom stereocenters. The molecule has 0 aliphatic carbocycles. The maximum absolute atomic E-state index is 13.5. The van der Waals surface area contributed by atoms with Gasteiger partial charge in [0.2, 0.25) is 5.91 Å². The largest absolute Gasteiger partial charge is 0.273 e. The van der Waals surface area contributed by atoms with Gasteiger partial charge in [-0.15, -0.1) is 0 Å². The van der Waals surface area contributed by atoms with Gasteiger partial charge >= 0.3 is 0 Å². The molecular weight excluding hydrogens is 400 g/mol. The molecule has 2 fully saturated rings. The van der Waals surface area contributed by atoms with Crippen molar-refractivity contribution in [2.45, 2.75) is 19.1 Å². The van der Waals surface area contributed by atoms with Gasteiger partial charge in [0.05, 0.1) is 17.4 Å². The number of anilines is 2. The molecule has 2 aliphatic rings. The van der Waals surface area contributed by atoms with Crippen molar-refractivity contribution in [2.75, 3.05) is 9.96 Å². The van der Waals surface area contributed by atoms with Crippen LogP contribution in [-0.2, 0) is 14.4 Å². The molecule has 0 spiro atoms. The average molecular weight is 419 g/mol. The number of fused-ring (bicyclic) bond motifs is 1. The summed E-state index contributed by atoms with van der Waals surface area (Å²) < 4.78 is 0. The highest BCUT2D eigenvalue weighted by atomic mass is 35.5. The third kappa shape index (κ3) is 2.98. The van der Waals surface area contributed by atoms with Crippen molar-refractivity contribution in [3.8, 4) is 0 Å². The van der Waals surface area contributed by atoms with E-state index in [0.717, 1.165) is 16.8 Å². The van der Waals surface area contributed by atoms with Gasteiger partial charge in [0.25, 0.3) is 5.91 Å². The van der Waals surface area contributed by atoms with Crippen LogP contribution in [0.25, 0.3) is 0 Å². The van der Waals surface area contributed by atoms with Crippen LogP contribution < -0.4 is 9.96 Å². The van der Waals surface area contributed by atoms with E-state index in [1.807, 2.05) is 67.6 Å². The third-order valence-corrected chi connectivity index (χ3v) is 5.84. The quantitative estimate of drug-likeness (QED) is 0.578. The summed E-state index contributed by atoms with van der Waals surface area (Å²) in [6.45, 7) is 1.96. The average Bonchev–Trinajstić information content (AvgIpc) is 3.26. The van der Waals surface area contributed by atoms with Gasteiger partial charge < -0.3 is 0 Å². The van der Waals surface area contributed by atoms with E-state index < -0.39 is 18.1 Å². The molecule has 0 saturated carbocycles. The first-order valence-corrected chi connectivity index (χ1v) is 10.1. The molecule has 0 N–H and O–H groups in total. The molecule has 0 bridgehead atoms. The summed E-state index contributed by atoms with van der Waals surface area (Å²) in [5.74, 6) is -1.28. The molecule has 2 aliphatic heterocycles. The summed E-state index contributed by atoms with van der Waals surface area (Å²) in [6, 6.07) is 23.7. The van der Waals surface area contributed by atoms with Crippen LogP contribution in [0.4, 0.5) is 11.4 Å². The number of nitrogens with zero attached hydrogens (tertiary/aromatic N) is 2. The molecule has 0 radical (unpaired) electrons. The first-order valence-electron chi connectivity index (χ1n) is 9.75. The number of benzene rings is 3. The maximum Gasteiger partial charge on any atom is 0.266 e. The summed E-state index contributed by atoms with van der Waals surface area (Å²) in [4.78, 5) is 34.1. The second kappa shape index (κ2) is 7.27. The van der Waals surface area contributed by atoms with Crippen LogP contribution in [0.15, 0.2) is 78.9 Å². The molecule has 0 aromatic heterocycles. The normalized spacial score (nSPS) is 23.2. The zero-order chi connectivity index (χ0) is 20.8. The minimum absolute atomic E-state index is 0.266. The Hall–Kier alpha value is -3.15. The standard InChI is InChI=1S/C24H19ClN2O3/c1-15-10-12-18(13-11-15)26-23(28)20-21(16-6-5-7-17(25)14-16)27(30-22(20)24(26)29)19-8-3-2-4-9-19/h2-14,20-22H,1H3/t20-,21+,22-/m1/s1. The van der Waals surface area contributed by atoms with E-state index in [2.05, 4.69) is 0 Å². The number of imide groups is 1. The summed E-state index contributed by atoms with van der Waals surface area (Å²) in [7, 11) is 0. The first-order chi connectivity index (χ1) is 14.5. The lowest BCUT2D eigenvalue weighted by atomic mass is 9.90. The Bertz CT molecular complexity index is 1120. The molecule has 3 aromatic rings. The Labute approximate surface area is 179 Å². The van der Waals surface area contributed by atoms with Gasteiger partial charge in [-0.2, -0.15) is 0 Å². The Kier molecular flexibility index (Phi) is 4.57. The zero-order valence-corrected chi connectivity index (χ0v) is 17.0. The van der Waals surface area contributed by atoms with Crippen molar-refractivity contribution in [2.24, 2.45) is 5.92 Å². The fraction of sp³-hybridized carbons (Fsp3) is 0.167. The molecule has 5 nitrogen and oxygen atoms in total. The van der Waals surface area contributed by atoms with Crippen molar-refractivity contribution in [1.82, 2.24) is 0 Å². The van der Waals surface area contributed by atoms with E-state index in [1.54, 1.807) is 23.3 Å². The van der Waals surface area contributed by atoms with Gasteiger partial charge in [0.1, 0.15) is 5.92 Å². The lowest BCUT2D eigenvalue weighted by Gasteiger charge is -2.28. The van der Waals surface area contributed by atoms with Crippen molar-refractivity contribution in [3.63, 3.8) is 0 Å². The number of carbonyl (C=O) groups excluding carboxylic acids is 2. The van der Waals surface area contributed by atoms with E-state index in [-0.39, 0.29) is 11.8 Å². The number of carbonyl (C=O) groups is 2. The molecule has 30 heavy (non-hydrogen) atoms. The number of hydroxylamine groups is 1. The first kappa shape index (κ1) is 18.9. The molecule has 3 atom stereocenters. The number of halogens is 1. The number of hydrogen-bond donors (Lipinski definition) is 0. The van der Waals surface area contributed by atoms with Gasteiger partial charge in [0, 0.05) is 5.02 Å². The van der Waals surface area contributed by atoms with Crippen LogP contribution in [0.5, 0.6) is 0 Å². The van der Waals surface area contributed by atoms with Gasteiger partial charge in [-0.3, -0.25) is 14.4 Å². The highest BCUT2D eigenvalue weighted by Crippen LogP contribution is 2.47. The van der Waals surface area contributed by atoms with Gasteiger partial charge in [0.15, 0.2) is 6.10 Å². The molecule has 2 saturated heterocycles. The van der Waals surface area contributed by atoms with Crippen LogP contribution in [0.2, 0.25) is 5.02 Å². The minimum Gasteiger partial charge on any atom is -0.273 e. The monoisotopic (exact) mass is 418 g/mol. The molecule has 5 rings (SSSR count). The predicted molar refractivity (Wildman–Crippen MR) is 115 cm³/mol. The van der Waals surface area contributed by atoms with E-state index in [1.165, 1.54) is 4.90 Å². The lowest BCUT2D eigenvalue weighted by Crippen LogP contribution is -2.37. The molecule has 6 heteroatoms. The molecule has 150 valence electrons. The Balaban J connectivity index is 1.59. The fourth-order valence-corrected chi connectivity index (χ4v) is 4.39. The maximum atomic E-state index is 13.5. The Morgan fingerprint density at radius 3 is 2.27 bits per heavy atom. The van der Waals surface area contributed by atoms with E-state index in [4.69, 9.17) is 16.4 Å². The molecule has 3 aromatic carbocycles. The zero-order valence-electron chi connectivity index (χ0n) is 16.2. The van der Waals surface area contributed by atoms with Gasteiger partial charge in [-0.25, -0.2) is 9.96 Å². The summed E-state index contributed by atoms with van der Waals surface area (Å²) in [6.07, 6.45) is -0.886. The molecule has 2 amide bonds. The lowest BCUT2D eigenvalue weighted by molar-refractivity contribution is -0.126. The van der Waals surface area contributed by atoms with Gasteiger partial charge in [-0.05, 0) is 48.9 Å². The SMILES string of the molecule is Cc1ccc(N2C(=O)[C@H]3[C@@H](ON(c4ccccc4)[C@H]3c3cccc(Cl)c3)C2=O)cc1. The minimum atomic E-state index is -0.886. The predicted octanol–water partition coefficient (Wildman–Crippen LogP) is 4.70. The summed E-state index contributed by atoms with van der Waals surface area (Å²) in [5, 5.41) is 2.24. The smallest absolute Gasteiger partial charge is 0.266 e. The summed E-state index contributed by atoms with van der Waals surface area (Å²) in [5.41, 5.74) is 3.22. The Morgan fingerprint density at radius 1 is 0.833 bits per heavy atom. The van der Waals surface area contributed by atoms with Crippen molar-refractivity contribution in [3.05, 3.63) is 95.0 Å². The van der Waals surface area contributed by atoms with Crippen molar-refractivity contribution >= 4 is 34.8 Å². The number of aryl methyl sites for hydroxylation is 1. The highest BCUT2D eigenvalue weighted by Gasteiger charge is 2.60. The van der Waals surface area contributed by atoms with Gasteiger partial charge in [-0.1, -0.05) is 59.6 Å². The topological polar surface area (TPSA) is 49.9 Å². The number of rotatable bonds is 3. The Morgan fingerprint density at radius 2 is 1.57 bits per heavy atom. The molecular formula is C24H19ClN2O3. The number of para-hydroxylation sites is 1. The third-order valence-electron chi connectivity index (χ3n) is 5.61. The van der Waals surface area contributed by atoms with Crippen LogP contribution in [0, 0.1) is 12.8 Å². The van der Waals surface area contributed by atoms with Crippen molar-refractivity contribution in [1.29, 1.82) is 0 Å². The number of amides is 2. The second-order valence-corrected chi connectivity index (χ2v) is 8.00. The van der Waals surface area contributed by atoms with Crippen LogP contribution >= 0.6 is 11.6 Å². The number of hydrogen-bond acceptors (Lipinski definition) is 4. The van der Waals surface area contributed by atoms with Crippen molar-refractivity contribution < 1.29 is 14.4 Å².